The van der Waals surface area contributed by atoms with Crippen LogP contribution in [0.5, 0.6) is 0 Å². The number of amides is 1. The fraction of sp³-hybridized carbons (Fsp3) is 0.312. The SMILES string of the molecule is O=C(CCCc1cccs1)NCc1ccc(CO)cc1. The van der Waals surface area contributed by atoms with Gasteiger partial charge in [0, 0.05) is 17.8 Å². The molecular weight excluding hydrogens is 270 g/mol. The summed E-state index contributed by atoms with van der Waals surface area (Å²) in [7, 11) is 0. The molecule has 1 aromatic heterocycles. The summed E-state index contributed by atoms with van der Waals surface area (Å²) in [5.74, 6) is 0.0905. The van der Waals surface area contributed by atoms with Gasteiger partial charge in [0.05, 0.1) is 6.61 Å². The lowest BCUT2D eigenvalue weighted by atomic mass is 10.1. The van der Waals surface area contributed by atoms with E-state index in [4.69, 9.17) is 5.11 Å². The molecule has 0 saturated heterocycles. The summed E-state index contributed by atoms with van der Waals surface area (Å²) >= 11 is 1.74. The monoisotopic (exact) mass is 289 g/mol. The Balaban J connectivity index is 1.66. The van der Waals surface area contributed by atoms with E-state index >= 15 is 0 Å². The Bertz CT molecular complexity index is 520. The van der Waals surface area contributed by atoms with Crippen LogP contribution in [0, 0.1) is 0 Å². The number of aliphatic hydroxyl groups is 1. The van der Waals surface area contributed by atoms with Crippen LogP contribution in [-0.4, -0.2) is 11.0 Å². The molecule has 0 spiro atoms. The number of benzene rings is 1. The number of aliphatic hydroxyl groups excluding tert-OH is 1. The van der Waals surface area contributed by atoms with E-state index in [9.17, 15) is 4.79 Å². The number of carbonyl (C=O) groups is 1. The molecule has 0 aliphatic heterocycles. The van der Waals surface area contributed by atoms with E-state index in [1.807, 2.05) is 30.3 Å². The molecule has 2 aromatic rings. The first-order valence-electron chi connectivity index (χ1n) is 6.75. The summed E-state index contributed by atoms with van der Waals surface area (Å²) < 4.78 is 0. The van der Waals surface area contributed by atoms with E-state index in [1.54, 1.807) is 11.3 Å². The van der Waals surface area contributed by atoms with Crippen LogP contribution in [0.15, 0.2) is 41.8 Å². The number of thiophene rings is 1. The van der Waals surface area contributed by atoms with Crippen molar-refractivity contribution in [3.63, 3.8) is 0 Å². The first-order chi connectivity index (χ1) is 9.78. The largest absolute Gasteiger partial charge is 0.392 e. The third-order valence-electron chi connectivity index (χ3n) is 3.10. The maximum atomic E-state index is 11.7. The van der Waals surface area contributed by atoms with Crippen molar-refractivity contribution < 1.29 is 9.90 Å². The van der Waals surface area contributed by atoms with Gasteiger partial charge in [-0.15, -0.1) is 11.3 Å². The van der Waals surface area contributed by atoms with E-state index < -0.39 is 0 Å². The maximum Gasteiger partial charge on any atom is 0.220 e. The molecule has 0 radical (unpaired) electrons. The highest BCUT2D eigenvalue weighted by Gasteiger charge is 2.02. The van der Waals surface area contributed by atoms with Gasteiger partial charge >= 0.3 is 0 Å². The Hall–Kier alpha value is -1.65. The van der Waals surface area contributed by atoms with Gasteiger partial charge in [0.15, 0.2) is 0 Å². The second kappa shape index (κ2) is 7.82. The number of rotatable bonds is 7. The van der Waals surface area contributed by atoms with Gasteiger partial charge in [-0.2, -0.15) is 0 Å². The fourth-order valence-electron chi connectivity index (χ4n) is 1.93. The van der Waals surface area contributed by atoms with Crippen molar-refractivity contribution in [2.75, 3.05) is 0 Å². The van der Waals surface area contributed by atoms with Crippen LogP contribution in [0.1, 0.15) is 28.8 Å². The van der Waals surface area contributed by atoms with Gasteiger partial charge in [0.25, 0.3) is 0 Å². The number of hydrogen-bond acceptors (Lipinski definition) is 3. The minimum Gasteiger partial charge on any atom is -0.392 e. The van der Waals surface area contributed by atoms with Crippen molar-refractivity contribution in [2.45, 2.75) is 32.4 Å². The van der Waals surface area contributed by atoms with Crippen molar-refractivity contribution in [3.8, 4) is 0 Å². The highest BCUT2D eigenvalue weighted by molar-refractivity contribution is 7.09. The lowest BCUT2D eigenvalue weighted by Gasteiger charge is -2.06. The normalized spacial score (nSPS) is 10.4. The molecule has 0 bridgehead atoms. The number of aryl methyl sites for hydroxylation is 1. The Labute approximate surface area is 123 Å². The van der Waals surface area contributed by atoms with Gasteiger partial charge in [-0.25, -0.2) is 0 Å². The number of carbonyl (C=O) groups excluding carboxylic acids is 1. The van der Waals surface area contributed by atoms with Crippen LogP contribution >= 0.6 is 11.3 Å². The molecule has 1 heterocycles. The highest BCUT2D eigenvalue weighted by Crippen LogP contribution is 2.12. The summed E-state index contributed by atoms with van der Waals surface area (Å²) in [6, 6.07) is 11.7. The zero-order chi connectivity index (χ0) is 14.2. The minimum atomic E-state index is 0.0510. The third kappa shape index (κ3) is 4.79. The zero-order valence-electron chi connectivity index (χ0n) is 11.3. The summed E-state index contributed by atoms with van der Waals surface area (Å²) in [6.07, 6.45) is 2.42. The first-order valence-corrected chi connectivity index (χ1v) is 7.63. The Morgan fingerprint density at radius 1 is 1.15 bits per heavy atom. The molecule has 0 atom stereocenters. The van der Waals surface area contributed by atoms with Crippen molar-refractivity contribution in [1.29, 1.82) is 0 Å². The fourth-order valence-corrected chi connectivity index (χ4v) is 2.68. The Morgan fingerprint density at radius 2 is 1.90 bits per heavy atom. The molecule has 4 heteroatoms. The predicted octanol–water partition coefficient (Wildman–Crippen LogP) is 2.88. The molecule has 2 N–H and O–H groups in total. The van der Waals surface area contributed by atoms with Crippen LogP contribution < -0.4 is 5.32 Å². The van der Waals surface area contributed by atoms with Crippen LogP contribution in [-0.2, 0) is 24.4 Å². The average molecular weight is 289 g/mol. The molecule has 0 fully saturated rings. The van der Waals surface area contributed by atoms with Crippen molar-refractivity contribution in [3.05, 3.63) is 57.8 Å². The molecule has 20 heavy (non-hydrogen) atoms. The summed E-state index contributed by atoms with van der Waals surface area (Å²) in [5, 5.41) is 13.9. The van der Waals surface area contributed by atoms with Gasteiger partial charge in [0.2, 0.25) is 5.91 Å². The lowest BCUT2D eigenvalue weighted by molar-refractivity contribution is -0.121. The van der Waals surface area contributed by atoms with Crippen LogP contribution in [0.2, 0.25) is 0 Å². The first kappa shape index (κ1) is 14.8. The van der Waals surface area contributed by atoms with Gasteiger partial charge in [-0.3, -0.25) is 4.79 Å². The molecule has 0 aliphatic carbocycles. The highest BCUT2D eigenvalue weighted by atomic mass is 32.1. The molecule has 0 saturated carbocycles. The Kier molecular flexibility index (Phi) is 5.77. The van der Waals surface area contributed by atoms with Crippen molar-refractivity contribution >= 4 is 17.2 Å². The van der Waals surface area contributed by atoms with E-state index in [2.05, 4.69) is 16.8 Å². The van der Waals surface area contributed by atoms with Gasteiger partial charge in [-0.1, -0.05) is 30.3 Å². The smallest absolute Gasteiger partial charge is 0.220 e. The second-order valence-electron chi connectivity index (χ2n) is 4.68. The summed E-state index contributed by atoms with van der Waals surface area (Å²) in [4.78, 5) is 13.1. The van der Waals surface area contributed by atoms with Gasteiger partial charge in [0.1, 0.15) is 0 Å². The van der Waals surface area contributed by atoms with Gasteiger partial charge in [-0.05, 0) is 35.4 Å². The maximum absolute atomic E-state index is 11.7. The molecule has 0 unspecified atom stereocenters. The number of nitrogens with one attached hydrogen (secondary N) is 1. The molecule has 1 amide bonds. The third-order valence-corrected chi connectivity index (χ3v) is 4.04. The standard InChI is InChI=1S/C16H19NO2S/c18-12-14-8-6-13(7-9-14)11-17-16(19)5-1-3-15-4-2-10-20-15/h2,4,6-10,18H,1,3,5,11-12H2,(H,17,19). The summed E-state index contributed by atoms with van der Waals surface area (Å²) in [5.41, 5.74) is 1.94. The lowest BCUT2D eigenvalue weighted by Crippen LogP contribution is -2.22. The van der Waals surface area contributed by atoms with E-state index in [0.29, 0.717) is 13.0 Å². The zero-order valence-corrected chi connectivity index (χ0v) is 12.2. The topological polar surface area (TPSA) is 49.3 Å². The molecule has 2 rings (SSSR count). The van der Waals surface area contributed by atoms with Gasteiger partial charge < -0.3 is 10.4 Å². The van der Waals surface area contributed by atoms with Crippen molar-refractivity contribution in [1.82, 2.24) is 5.32 Å². The molecule has 3 nitrogen and oxygen atoms in total. The quantitative estimate of drug-likeness (QED) is 0.823. The second-order valence-corrected chi connectivity index (χ2v) is 5.72. The van der Waals surface area contributed by atoms with Crippen molar-refractivity contribution in [2.24, 2.45) is 0 Å². The molecule has 106 valence electrons. The number of hydrogen-bond donors (Lipinski definition) is 2. The van der Waals surface area contributed by atoms with Crippen LogP contribution in [0.25, 0.3) is 0 Å². The average Bonchev–Trinajstić information content (AvgIpc) is 2.99. The molecular formula is C16H19NO2S. The Morgan fingerprint density at radius 3 is 2.55 bits per heavy atom. The van der Waals surface area contributed by atoms with E-state index in [1.165, 1.54) is 4.88 Å². The van der Waals surface area contributed by atoms with E-state index in [-0.39, 0.29) is 12.5 Å². The summed E-state index contributed by atoms with van der Waals surface area (Å²) in [6.45, 7) is 0.596. The molecule has 0 aliphatic rings. The van der Waals surface area contributed by atoms with Crippen LogP contribution in [0.3, 0.4) is 0 Å². The predicted molar refractivity (Wildman–Crippen MR) is 81.5 cm³/mol. The minimum absolute atomic E-state index is 0.0510. The molecule has 1 aromatic carbocycles. The van der Waals surface area contributed by atoms with E-state index in [0.717, 1.165) is 24.0 Å². The van der Waals surface area contributed by atoms with Crippen LogP contribution in [0.4, 0.5) is 0 Å².